The number of nitrogens with zero attached hydrogens (tertiary/aromatic N) is 6. The number of amides is 1. The van der Waals surface area contributed by atoms with Crippen LogP contribution in [0.25, 0.3) is 5.65 Å². The van der Waals surface area contributed by atoms with E-state index in [2.05, 4.69) is 32.3 Å². The van der Waals surface area contributed by atoms with Gasteiger partial charge in [-0.3, -0.25) is 9.48 Å². The molecule has 1 N–H and O–H groups in total. The summed E-state index contributed by atoms with van der Waals surface area (Å²) in [6.45, 7) is 3.70. The average Bonchev–Trinajstić information content (AvgIpc) is 3.48. The highest BCUT2D eigenvalue weighted by Gasteiger charge is 2.39. The van der Waals surface area contributed by atoms with Crippen molar-refractivity contribution in [1.82, 2.24) is 24.4 Å². The molecule has 7 rings (SSSR count). The van der Waals surface area contributed by atoms with Crippen LogP contribution in [0.4, 0.5) is 20.3 Å². The summed E-state index contributed by atoms with van der Waals surface area (Å²) in [6, 6.07) is 1.93. The van der Waals surface area contributed by atoms with Crippen molar-refractivity contribution in [2.24, 2.45) is 5.92 Å². The van der Waals surface area contributed by atoms with Crippen molar-refractivity contribution in [2.75, 3.05) is 23.3 Å². The molecule has 9 nitrogen and oxygen atoms in total. The molecule has 3 aliphatic heterocycles. The van der Waals surface area contributed by atoms with Gasteiger partial charge in [0.15, 0.2) is 11.3 Å². The molecule has 2 unspecified atom stereocenters. The second-order valence-corrected chi connectivity index (χ2v) is 9.88. The monoisotopic (exact) mass is 485 g/mol. The number of hydrogen-bond donors (Lipinski definition) is 1. The third kappa shape index (κ3) is 4.15. The minimum atomic E-state index is -2.79. The van der Waals surface area contributed by atoms with E-state index in [9.17, 15) is 13.6 Å². The van der Waals surface area contributed by atoms with Crippen molar-refractivity contribution in [3.05, 3.63) is 35.9 Å². The van der Waals surface area contributed by atoms with Gasteiger partial charge in [0.1, 0.15) is 11.4 Å². The predicted octanol–water partition coefficient (Wildman–Crippen LogP) is 4.23. The third-order valence-electron chi connectivity index (χ3n) is 7.66. The van der Waals surface area contributed by atoms with Gasteiger partial charge in [0, 0.05) is 31.9 Å². The molecular formula is C24H29F2N7O2. The summed E-state index contributed by atoms with van der Waals surface area (Å²) in [5.74, 6) is 0.895. The molecule has 3 saturated heterocycles. The number of ether oxygens (including phenoxy) is 1. The third-order valence-corrected chi connectivity index (χ3v) is 7.66. The molecular weight excluding hydrogens is 456 g/mol. The van der Waals surface area contributed by atoms with Crippen molar-refractivity contribution in [1.29, 1.82) is 0 Å². The molecule has 0 radical (unpaired) electrons. The number of piperidine rings is 1. The summed E-state index contributed by atoms with van der Waals surface area (Å²) in [5.41, 5.74) is 0.228. The molecule has 3 aromatic rings. The molecule has 1 saturated carbocycles. The van der Waals surface area contributed by atoms with Gasteiger partial charge in [0.05, 0.1) is 30.1 Å². The van der Waals surface area contributed by atoms with Crippen LogP contribution in [0, 0.1) is 5.92 Å². The van der Waals surface area contributed by atoms with Crippen LogP contribution in [0.5, 0.6) is 0 Å². The number of anilines is 2. The average molecular weight is 486 g/mol. The maximum absolute atomic E-state index is 13.8. The molecule has 0 aromatic carbocycles. The van der Waals surface area contributed by atoms with Crippen LogP contribution in [0.3, 0.4) is 0 Å². The minimum absolute atomic E-state index is 0.0337. The maximum atomic E-state index is 13.8. The van der Waals surface area contributed by atoms with Crippen LogP contribution in [0.2, 0.25) is 0 Å². The van der Waals surface area contributed by atoms with E-state index >= 15 is 0 Å². The zero-order valence-corrected chi connectivity index (χ0v) is 19.6. The number of carbonyl (C=O) groups excluding carboxylic acids is 1. The number of carbonyl (C=O) groups is 1. The molecule has 35 heavy (non-hydrogen) atoms. The second-order valence-electron chi connectivity index (χ2n) is 9.88. The normalized spacial score (nSPS) is 26.2. The Kier molecular flexibility index (Phi) is 5.66. The fraction of sp³-hybridized carbons (Fsp3) is 0.583. The molecule has 2 bridgehead atoms. The highest BCUT2D eigenvalue weighted by Crippen LogP contribution is 2.36. The van der Waals surface area contributed by atoms with Crippen LogP contribution in [-0.2, 0) is 4.74 Å². The Labute approximate surface area is 201 Å². The second kappa shape index (κ2) is 8.85. The van der Waals surface area contributed by atoms with Gasteiger partial charge in [-0.05, 0) is 37.7 Å². The van der Waals surface area contributed by atoms with Crippen LogP contribution in [-0.4, -0.2) is 55.6 Å². The van der Waals surface area contributed by atoms with Gasteiger partial charge in [-0.1, -0.05) is 13.3 Å². The highest BCUT2D eigenvalue weighted by molar-refractivity contribution is 6.08. The number of rotatable bonds is 6. The molecule has 2 atom stereocenters. The Balaban J connectivity index is 1.23. The lowest BCUT2D eigenvalue weighted by molar-refractivity contribution is -0.133. The molecule has 4 aliphatic rings. The Morgan fingerprint density at radius 3 is 2.66 bits per heavy atom. The van der Waals surface area contributed by atoms with E-state index in [4.69, 9.17) is 4.74 Å². The smallest absolute Gasteiger partial charge is 0.284 e. The molecule has 6 heterocycles. The number of aromatic nitrogens is 5. The van der Waals surface area contributed by atoms with Gasteiger partial charge in [0.2, 0.25) is 0 Å². The molecule has 3 aromatic heterocycles. The van der Waals surface area contributed by atoms with Gasteiger partial charge in [-0.15, -0.1) is 0 Å². The van der Waals surface area contributed by atoms with Gasteiger partial charge < -0.3 is 15.0 Å². The zero-order chi connectivity index (χ0) is 24.1. The lowest BCUT2D eigenvalue weighted by Gasteiger charge is -2.47. The van der Waals surface area contributed by atoms with E-state index in [1.54, 1.807) is 17.1 Å². The number of hydrogen-bond acceptors (Lipinski definition) is 6. The van der Waals surface area contributed by atoms with E-state index in [-0.39, 0.29) is 29.5 Å². The van der Waals surface area contributed by atoms with E-state index in [1.165, 1.54) is 10.7 Å². The Morgan fingerprint density at radius 2 is 1.97 bits per heavy atom. The van der Waals surface area contributed by atoms with Crippen molar-refractivity contribution in [3.8, 4) is 0 Å². The molecule has 0 spiro atoms. The SMILES string of the molecule is CC[C@H]1CC[C@H](n2cc(NC(=O)c3cnn4ccc(N5CC6CC(C5)O6)nc34)c(C(F)F)n2)CC1. The summed E-state index contributed by atoms with van der Waals surface area (Å²) in [4.78, 5) is 20.0. The van der Waals surface area contributed by atoms with Crippen LogP contribution in [0.1, 0.15) is 74.0 Å². The van der Waals surface area contributed by atoms with E-state index in [1.807, 2.05) is 6.07 Å². The molecule has 11 heteroatoms. The Morgan fingerprint density at radius 1 is 1.23 bits per heavy atom. The summed E-state index contributed by atoms with van der Waals surface area (Å²) >= 11 is 0. The summed E-state index contributed by atoms with van der Waals surface area (Å²) in [7, 11) is 0. The van der Waals surface area contributed by atoms with E-state index < -0.39 is 18.0 Å². The van der Waals surface area contributed by atoms with E-state index in [0.29, 0.717) is 11.6 Å². The Hall–Kier alpha value is -3.08. The summed E-state index contributed by atoms with van der Waals surface area (Å²) < 4.78 is 36.4. The van der Waals surface area contributed by atoms with Crippen LogP contribution in [0.15, 0.2) is 24.7 Å². The molecule has 4 fully saturated rings. The largest absolute Gasteiger partial charge is 0.371 e. The van der Waals surface area contributed by atoms with Crippen molar-refractivity contribution >= 4 is 23.1 Å². The lowest BCUT2D eigenvalue weighted by Crippen LogP contribution is -2.57. The van der Waals surface area contributed by atoms with Gasteiger partial charge >= 0.3 is 0 Å². The maximum Gasteiger partial charge on any atom is 0.284 e. The molecule has 186 valence electrons. The summed E-state index contributed by atoms with van der Waals surface area (Å²) in [5, 5.41) is 11.0. The highest BCUT2D eigenvalue weighted by atomic mass is 19.3. The first-order valence-electron chi connectivity index (χ1n) is 12.4. The standard InChI is InChI=1S/C24H29F2N7O2/c1-2-14-3-5-15(6-4-14)33-13-19(21(30-33)22(25)26)28-24(34)18-10-27-32-8-7-20(29-23(18)32)31-11-16-9-17(12-31)35-16/h7-8,10,13-17,22H,2-6,9,11-12H2,1H3,(H,28,34)/t14-,15-,16?,17?. The van der Waals surface area contributed by atoms with Gasteiger partial charge in [-0.25, -0.2) is 18.3 Å². The van der Waals surface area contributed by atoms with Crippen molar-refractivity contribution < 1.29 is 18.3 Å². The van der Waals surface area contributed by atoms with Crippen LogP contribution >= 0.6 is 0 Å². The number of alkyl halides is 2. The van der Waals surface area contributed by atoms with Crippen LogP contribution < -0.4 is 10.2 Å². The van der Waals surface area contributed by atoms with E-state index in [0.717, 1.165) is 57.4 Å². The number of morpholine rings is 1. The zero-order valence-electron chi connectivity index (χ0n) is 19.6. The lowest BCUT2D eigenvalue weighted by atomic mass is 9.85. The fourth-order valence-corrected chi connectivity index (χ4v) is 5.60. The fourth-order valence-electron chi connectivity index (χ4n) is 5.60. The number of halogens is 2. The van der Waals surface area contributed by atoms with Crippen molar-refractivity contribution in [3.63, 3.8) is 0 Å². The first-order chi connectivity index (χ1) is 17.0. The first-order valence-corrected chi connectivity index (χ1v) is 12.4. The Bertz CT molecular complexity index is 1220. The number of fused-ring (bicyclic) bond motifs is 3. The predicted molar refractivity (Wildman–Crippen MR) is 125 cm³/mol. The molecule has 1 aliphatic carbocycles. The van der Waals surface area contributed by atoms with Crippen molar-refractivity contribution in [2.45, 2.75) is 70.1 Å². The first kappa shape index (κ1) is 22.4. The van der Waals surface area contributed by atoms with Gasteiger partial charge in [0.25, 0.3) is 12.3 Å². The minimum Gasteiger partial charge on any atom is -0.371 e. The van der Waals surface area contributed by atoms with Gasteiger partial charge in [-0.2, -0.15) is 10.2 Å². The number of nitrogens with one attached hydrogen (secondary N) is 1. The topological polar surface area (TPSA) is 89.6 Å². The summed E-state index contributed by atoms with van der Waals surface area (Å²) in [6.07, 6.45) is 8.50. The molecule has 1 amide bonds. The quantitative estimate of drug-likeness (QED) is 0.562.